The number of nitrogens with zero attached hydrogens (tertiary/aromatic N) is 3. The molecule has 0 radical (unpaired) electrons. The van der Waals surface area contributed by atoms with Gasteiger partial charge in [-0.05, 0) is 24.6 Å². The van der Waals surface area contributed by atoms with E-state index in [-0.39, 0.29) is 12.0 Å². The van der Waals surface area contributed by atoms with Gasteiger partial charge in [-0.3, -0.25) is 9.78 Å². The van der Waals surface area contributed by atoms with Crippen molar-refractivity contribution in [1.82, 2.24) is 14.9 Å². The van der Waals surface area contributed by atoms with Gasteiger partial charge in [-0.15, -0.1) is 0 Å². The van der Waals surface area contributed by atoms with Crippen molar-refractivity contribution in [3.8, 4) is 5.88 Å². The second kappa shape index (κ2) is 5.91. The van der Waals surface area contributed by atoms with Crippen LogP contribution < -0.4 is 4.74 Å². The summed E-state index contributed by atoms with van der Waals surface area (Å²) in [5, 5.41) is 0. The van der Waals surface area contributed by atoms with Crippen LogP contribution >= 0.6 is 0 Å². The number of aryl methyl sites for hydroxylation is 1. The van der Waals surface area contributed by atoms with E-state index in [0.717, 1.165) is 12.0 Å². The number of carbonyl (C=O) groups is 1. The summed E-state index contributed by atoms with van der Waals surface area (Å²) < 4.78 is 5.83. The molecule has 3 heterocycles. The molecule has 1 aliphatic rings. The number of likely N-dealkylation sites (tertiary alicyclic amines) is 1. The molecular formula is C16H17N3O2. The summed E-state index contributed by atoms with van der Waals surface area (Å²) in [6.45, 7) is 3.29. The van der Waals surface area contributed by atoms with Gasteiger partial charge in [0.25, 0.3) is 5.91 Å². The molecule has 1 amide bonds. The van der Waals surface area contributed by atoms with Gasteiger partial charge >= 0.3 is 0 Å². The fourth-order valence-electron chi connectivity index (χ4n) is 2.38. The Balaban J connectivity index is 1.60. The number of aromatic nitrogens is 2. The van der Waals surface area contributed by atoms with Crippen molar-refractivity contribution < 1.29 is 9.53 Å². The topological polar surface area (TPSA) is 55.3 Å². The Hall–Kier alpha value is -2.43. The number of pyridine rings is 2. The highest BCUT2D eigenvalue weighted by Crippen LogP contribution is 2.18. The van der Waals surface area contributed by atoms with E-state index in [0.29, 0.717) is 24.5 Å². The van der Waals surface area contributed by atoms with Crippen LogP contribution in [0.1, 0.15) is 22.3 Å². The van der Waals surface area contributed by atoms with Gasteiger partial charge in [-0.2, -0.15) is 0 Å². The maximum absolute atomic E-state index is 12.3. The Labute approximate surface area is 123 Å². The van der Waals surface area contributed by atoms with Gasteiger partial charge in [0.1, 0.15) is 6.10 Å². The second-order valence-electron chi connectivity index (χ2n) is 5.19. The minimum Gasteiger partial charge on any atom is -0.472 e. The second-order valence-corrected chi connectivity index (χ2v) is 5.19. The van der Waals surface area contributed by atoms with Crippen LogP contribution in [-0.4, -0.2) is 40.0 Å². The average Bonchev–Trinajstić information content (AvgIpc) is 2.98. The molecule has 2 aromatic heterocycles. The highest BCUT2D eigenvalue weighted by molar-refractivity contribution is 5.94. The van der Waals surface area contributed by atoms with Crippen LogP contribution in [0.3, 0.4) is 0 Å². The number of hydrogen-bond acceptors (Lipinski definition) is 4. The molecule has 0 spiro atoms. The van der Waals surface area contributed by atoms with Crippen LogP contribution in [0.15, 0.2) is 42.9 Å². The monoisotopic (exact) mass is 283 g/mol. The molecule has 1 atom stereocenters. The van der Waals surface area contributed by atoms with Gasteiger partial charge < -0.3 is 9.64 Å². The predicted octanol–water partition coefficient (Wildman–Crippen LogP) is 2.08. The molecule has 0 N–H and O–H groups in total. The molecule has 1 aliphatic heterocycles. The molecule has 0 unspecified atom stereocenters. The molecule has 108 valence electrons. The quantitative estimate of drug-likeness (QED) is 0.865. The van der Waals surface area contributed by atoms with Gasteiger partial charge in [0.05, 0.1) is 6.54 Å². The van der Waals surface area contributed by atoms with Crippen molar-refractivity contribution in [2.24, 2.45) is 0 Å². The van der Waals surface area contributed by atoms with Gasteiger partial charge in [0.2, 0.25) is 5.88 Å². The molecule has 0 aliphatic carbocycles. The molecule has 2 aromatic rings. The normalized spacial score (nSPS) is 17.8. The van der Waals surface area contributed by atoms with Crippen LogP contribution in [-0.2, 0) is 0 Å². The molecule has 21 heavy (non-hydrogen) atoms. The maximum atomic E-state index is 12.3. The van der Waals surface area contributed by atoms with Crippen molar-refractivity contribution in [3.63, 3.8) is 0 Å². The van der Waals surface area contributed by atoms with E-state index in [1.165, 1.54) is 0 Å². The first-order valence-corrected chi connectivity index (χ1v) is 7.01. The molecule has 0 aromatic carbocycles. The SMILES string of the molecule is Cc1ccc(O[C@@H]2CCN(C(=O)c3ccncc3)C2)nc1. The minimum absolute atomic E-state index is 0.00555. The summed E-state index contributed by atoms with van der Waals surface area (Å²) in [5.74, 6) is 0.643. The number of hydrogen-bond donors (Lipinski definition) is 0. The van der Waals surface area contributed by atoms with E-state index in [4.69, 9.17) is 4.74 Å². The zero-order chi connectivity index (χ0) is 14.7. The molecule has 0 bridgehead atoms. The Morgan fingerprint density at radius 2 is 2.10 bits per heavy atom. The Morgan fingerprint density at radius 3 is 2.81 bits per heavy atom. The van der Waals surface area contributed by atoms with Crippen LogP contribution in [0.2, 0.25) is 0 Å². The van der Waals surface area contributed by atoms with E-state index >= 15 is 0 Å². The Morgan fingerprint density at radius 1 is 1.29 bits per heavy atom. The van der Waals surface area contributed by atoms with E-state index in [9.17, 15) is 4.79 Å². The van der Waals surface area contributed by atoms with E-state index in [1.54, 1.807) is 30.7 Å². The lowest BCUT2D eigenvalue weighted by atomic mass is 10.2. The number of ether oxygens (including phenoxy) is 1. The van der Waals surface area contributed by atoms with Crippen LogP contribution in [0, 0.1) is 6.92 Å². The first kappa shape index (κ1) is 13.5. The number of amides is 1. The minimum atomic E-state index is 0.00555. The first-order chi connectivity index (χ1) is 10.2. The van der Waals surface area contributed by atoms with Crippen molar-refractivity contribution >= 4 is 5.91 Å². The zero-order valence-corrected chi connectivity index (χ0v) is 11.9. The highest BCUT2D eigenvalue weighted by atomic mass is 16.5. The lowest BCUT2D eigenvalue weighted by Gasteiger charge is -2.17. The maximum Gasteiger partial charge on any atom is 0.254 e. The third-order valence-corrected chi connectivity index (χ3v) is 3.53. The van der Waals surface area contributed by atoms with E-state index < -0.39 is 0 Å². The van der Waals surface area contributed by atoms with Crippen LogP contribution in [0.4, 0.5) is 0 Å². The van der Waals surface area contributed by atoms with Crippen LogP contribution in [0.5, 0.6) is 5.88 Å². The van der Waals surface area contributed by atoms with Crippen molar-refractivity contribution in [2.75, 3.05) is 13.1 Å². The third-order valence-electron chi connectivity index (χ3n) is 3.53. The summed E-state index contributed by atoms with van der Waals surface area (Å²) in [5.41, 5.74) is 1.77. The lowest BCUT2D eigenvalue weighted by molar-refractivity contribution is 0.0771. The first-order valence-electron chi connectivity index (χ1n) is 7.01. The van der Waals surface area contributed by atoms with E-state index in [1.807, 2.05) is 24.0 Å². The van der Waals surface area contributed by atoms with Crippen LogP contribution in [0.25, 0.3) is 0 Å². The molecule has 5 heteroatoms. The predicted molar refractivity (Wildman–Crippen MR) is 78.1 cm³/mol. The summed E-state index contributed by atoms with van der Waals surface area (Å²) in [6, 6.07) is 7.30. The fraction of sp³-hybridized carbons (Fsp3) is 0.312. The molecular weight excluding hydrogens is 266 g/mol. The number of carbonyl (C=O) groups excluding carboxylic acids is 1. The molecule has 3 rings (SSSR count). The third kappa shape index (κ3) is 3.18. The summed E-state index contributed by atoms with van der Waals surface area (Å²) >= 11 is 0. The van der Waals surface area contributed by atoms with Gasteiger partial charge in [-0.25, -0.2) is 4.98 Å². The summed E-state index contributed by atoms with van der Waals surface area (Å²) in [6.07, 6.45) is 5.88. The summed E-state index contributed by atoms with van der Waals surface area (Å²) in [4.78, 5) is 22.3. The number of rotatable bonds is 3. The van der Waals surface area contributed by atoms with Crippen molar-refractivity contribution in [2.45, 2.75) is 19.4 Å². The molecule has 1 saturated heterocycles. The average molecular weight is 283 g/mol. The van der Waals surface area contributed by atoms with Gasteiger partial charge in [0, 0.05) is 43.2 Å². The van der Waals surface area contributed by atoms with E-state index in [2.05, 4.69) is 9.97 Å². The Bertz CT molecular complexity index is 613. The highest BCUT2D eigenvalue weighted by Gasteiger charge is 2.28. The van der Waals surface area contributed by atoms with Crippen molar-refractivity contribution in [1.29, 1.82) is 0 Å². The fourth-order valence-corrected chi connectivity index (χ4v) is 2.38. The zero-order valence-electron chi connectivity index (χ0n) is 11.9. The standard InChI is InChI=1S/C16H17N3O2/c1-12-2-3-15(18-10-12)21-14-6-9-19(11-14)16(20)13-4-7-17-8-5-13/h2-5,7-8,10,14H,6,9,11H2,1H3/t14-/m1/s1. The molecule has 1 fully saturated rings. The largest absolute Gasteiger partial charge is 0.472 e. The lowest BCUT2D eigenvalue weighted by Crippen LogP contribution is -2.31. The van der Waals surface area contributed by atoms with Gasteiger partial charge in [0.15, 0.2) is 0 Å². The Kier molecular flexibility index (Phi) is 3.81. The summed E-state index contributed by atoms with van der Waals surface area (Å²) in [7, 11) is 0. The van der Waals surface area contributed by atoms with Gasteiger partial charge in [-0.1, -0.05) is 6.07 Å². The molecule has 0 saturated carbocycles. The smallest absolute Gasteiger partial charge is 0.254 e. The van der Waals surface area contributed by atoms with Crippen molar-refractivity contribution in [3.05, 3.63) is 54.0 Å². The molecule has 5 nitrogen and oxygen atoms in total.